The summed E-state index contributed by atoms with van der Waals surface area (Å²) in [5.41, 5.74) is 7.77. The second-order valence-corrected chi connectivity index (χ2v) is 4.38. The van der Waals surface area contributed by atoms with Gasteiger partial charge in [-0.05, 0) is 24.3 Å². The standard InChI is InChI=1S/C13H17N3O.C2H6/c14-9-12-8-10-7-11(1-2-13(10)17-12)16-5-3-15-4-6-16;1-2/h1-2,7-8,15H,3-6,9,14H2;1-2H3. The minimum atomic E-state index is 0.456. The van der Waals surface area contributed by atoms with Gasteiger partial charge in [0.25, 0.3) is 0 Å². The Balaban J connectivity index is 0.000000637. The molecule has 1 aliphatic rings. The average Bonchev–Trinajstić information content (AvgIpc) is 2.92. The van der Waals surface area contributed by atoms with E-state index < -0.39 is 0 Å². The summed E-state index contributed by atoms with van der Waals surface area (Å²) in [6.45, 7) is 8.69. The van der Waals surface area contributed by atoms with Crippen LogP contribution in [0, 0.1) is 0 Å². The normalized spacial score (nSPS) is 15.2. The Hall–Kier alpha value is -1.52. The quantitative estimate of drug-likeness (QED) is 0.871. The van der Waals surface area contributed by atoms with Gasteiger partial charge in [0, 0.05) is 37.3 Å². The van der Waals surface area contributed by atoms with Crippen molar-refractivity contribution in [3.63, 3.8) is 0 Å². The van der Waals surface area contributed by atoms with Crippen LogP contribution in [-0.4, -0.2) is 26.2 Å². The molecule has 4 heteroatoms. The SMILES string of the molecule is CC.NCc1cc2cc(N3CCNCC3)ccc2o1. The molecule has 0 aliphatic carbocycles. The van der Waals surface area contributed by atoms with Crippen molar-refractivity contribution in [1.82, 2.24) is 5.32 Å². The van der Waals surface area contributed by atoms with Crippen molar-refractivity contribution in [1.29, 1.82) is 0 Å². The monoisotopic (exact) mass is 261 g/mol. The first-order valence-electron chi connectivity index (χ1n) is 7.05. The number of anilines is 1. The van der Waals surface area contributed by atoms with Gasteiger partial charge in [-0.15, -0.1) is 0 Å². The first-order chi connectivity index (χ1) is 9.36. The molecule has 4 nitrogen and oxygen atoms in total. The van der Waals surface area contributed by atoms with E-state index in [0.29, 0.717) is 6.54 Å². The van der Waals surface area contributed by atoms with Crippen molar-refractivity contribution in [2.24, 2.45) is 5.73 Å². The largest absolute Gasteiger partial charge is 0.460 e. The average molecular weight is 261 g/mol. The summed E-state index contributed by atoms with van der Waals surface area (Å²) in [6.07, 6.45) is 0. The van der Waals surface area contributed by atoms with Gasteiger partial charge in [0.15, 0.2) is 0 Å². The molecular formula is C15H23N3O. The fourth-order valence-electron chi connectivity index (χ4n) is 2.31. The number of piperazine rings is 1. The smallest absolute Gasteiger partial charge is 0.134 e. The second-order valence-electron chi connectivity index (χ2n) is 4.38. The van der Waals surface area contributed by atoms with Crippen LogP contribution in [0.4, 0.5) is 5.69 Å². The number of hydrogen-bond donors (Lipinski definition) is 2. The van der Waals surface area contributed by atoms with Gasteiger partial charge >= 0.3 is 0 Å². The molecule has 1 fully saturated rings. The Bertz CT molecular complexity index is 515. The van der Waals surface area contributed by atoms with Crippen LogP contribution < -0.4 is 16.0 Å². The molecule has 19 heavy (non-hydrogen) atoms. The number of benzene rings is 1. The van der Waals surface area contributed by atoms with Gasteiger partial charge < -0.3 is 20.4 Å². The lowest BCUT2D eigenvalue weighted by Crippen LogP contribution is -2.43. The Morgan fingerprint density at radius 3 is 2.63 bits per heavy atom. The predicted molar refractivity (Wildman–Crippen MR) is 80.5 cm³/mol. The van der Waals surface area contributed by atoms with Crippen molar-refractivity contribution in [2.45, 2.75) is 20.4 Å². The zero-order chi connectivity index (χ0) is 13.7. The molecule has 0 saturated carbocycles. The van der Waals surface area contributed by atoms with Gasteiger partial charge in [0.2, 0.25) is 0 Å². The van der Waals surface area contributed by atoms with E-state index in [1.54, 1.807) is 0 Å². The van der Waals surface area contributed by atoms with Gasteiger partial charge in [-0.3, -0.25) is 0 Å². The molecule has 0 amide bonds. The lowest BCUT2D eigenvalue weighted by atomic mass is 10.2. The van der Waals surface area contributed by atoms with E-state index in [4.69, 9.17) is 10.2 Å². The number of hydrogen-bond acceptors (Lipinski definition) is 4. The third kappa shape index (κ3) is 3.08. The van der Waals surface area contributed by atoms with E-state index in [-0.39, 0.29) is 0 Å². The van der Waals surface area contributed by atoms with Crippen molar-refractivity contribution in [3.05, 3.63) is 30.0 Å². The summed E-state index contributed by atoms with van der Waals surface area (Å²) in [4.78, 5) is 2.39. The molecule has 1 aliphatic heterocycles. The van der Waals surface area contributed by atoms with Crippen molar-refractivity contribution >= 4 is 16.7 Å². The summed E-state index contributed by atoms with van der Waals surface area (Å²) in [5.74, 6) is 0.845. The van der Waals surface area contributed by atoms with Crippen LogP contribution in [0.2, 0.25) is 0 Å². The number of rotatable bonds is 2. The van der Waals surface area contributed by atoms with Crippen LogP contribution in [0.1, 0.15) is 19.6 Å². The summed E-state index contributed by atoms with van der Waals surface area (Å²) in [5, 5.41) is 4.50. The molecular weight excluding hydrogens is 238 g/mol. The van der Waals surface area contributed by atoms with Crippen LogP contribution in [-0.2, 0) is 6.54 Å². The third-order valence-electron chi connectivity index (χ3n) is 3.23. The number of nitrogens with zero attached hydrogens (tertiary/aromatic N) is 1. The van der Waals surface area contributed by atoms with Crippen LogP contribution in [0.3, 0.4) is 0 Å². The fraction of sp³-hybridized carbons (Fsp3) is 0.467. The molecule has 1 saturated heterocycles. The molecule has 2 heterocycles. The molecule has 0 atom stereocenters. The van der Waals surface area contributed by atoms with Crippen LogP contribution >= 0.6 is 0 Å². The maximum absolute atomic E-state index is 5.60. The van der Waals surface area contributed by atoms with Gasteiger partial charge in [-0.1, -0.05) is 13.8 Å². The fourth-order valence-corrected chi connectivity index (χ4v) is 2.31. The number of fused-ring (bicyclic) bond motifs is 1. The molecule has 3 N–H and O–H groups in total. The molecule has 2 aromatic rings. The highest BCUT2D eigenvalue weighted by molar-refractivity contribution is 5.82. The van der Waals surface area contributed by atoms with E-state index >= 15 is 0 Å². The zero-order valence-electron chi connectivity index (χ0n) is 11.8. The Labute approximate surface area is 114 Å². The summed E-state index contributed by atoms with van der Waals surface area (Å²) in [6, 6.07) is 8.37. The van der Waals surface area contributed by atoms with Crippen LogP contribution in [0.15, 0.2) is 28.7 Å². The molecule has 0 bridgehead atoms. The van der Waals surface area contributed by atoms with Crippen molar-refractivity contribution in [3.8, 4) is 0 Å². The second kappa shape index (κ2) is 6.59. The molecule has 1 aromatic carbocycles. The highest BCUT2D eigenvalue weighted by Crippen LogP contribution is 2.25. The van der Waals surface area contributed by atoms with Gasteiger partial charge in [-0.25, -0.2) is 0 Å². The molecule has 104 valence electrons. The summed E-state index contributed by atoms with van der Waals surface area (Å²) >= 11 is 0. The van der Waals surface area contributed by atoms with Gasteiger partial charge in [0.05, 0.1) is 6.54 Å². The van der Waals surface area contributed by atoms with E-state index in [2.05, 4.69) is 22.3 Å². The lowest BCUT2D eigenvalue weighted by Gasteiger charge is -2.29. The zero-order valence-corrected chi connectivity index (χ0v) is 11.8. The predicted octanol–water partition coefficient (Wildman–Crippen LogP) is 2.33. The molecule has 3 rings (SSSR count). The Kier molecular flexibility index (Phi) is 4.82. The molecule has 0 radical (unpaired) electrons. The number of nitrogens with one attached hydrogen (secondary N) is 1. The van der Waals surface area contributed by atoms with Crippen molar-refractivity contribution < 1.29 is 4.42 Å². The number of nitrogens with two attached hydrogens (primary N) is 1. The van der Waals surface area contributed by atoms with E-state index in [9.17, 15) is 0 Å². The third-order valence-corrected chi connectivity index (χ3v) is 3.23. The highest BCUT2D eigenvalue weighted by atomic mass is 16.3. The Morgan fingerprint density at radius 2 is 1.95 bits per heavy atom. The first kappa shape index (κ1) is 13.9. The van der Waals surface area contributed by atoms with E-state index in [0.717, 1.165) is 42.9 Å². The van der Waals surface area contributed by atoms with Gasteiger partial charge in [-0.2, -0.15) is 0 Å². The van der Waals surface area contributed by atoms with Crippen LogP contribution in [0.25, 0.3) is 11.0 Å². The minimum Gasteiger partial charge on any atom is -0.460 e. The molecule has 0 spiro atoms. The number of furan rings is 1. The highest BCUT2D eigenvalue weighted by Gasteiger charge is 2.11. The maximum atomic E-state index is 5.60. The topological polar surface area (TPSA) is 54.4 Å². The summed E-state index contributed by atoms with van der Waals surface area (Å²) in [7, 11) is 0. The van der Waals surface area contributed by atoms with E-state index in [1.807, 2.05) is 26.0 Å². The summed E-state index contributed by atoms with van der Waals surface area (Å²) < 4.78 is 5.60. The lowest BCUT2D eigenvalue weighted by molar-refractivity contribution is 0.552. The van der Waals surface area contributed by atoms with Crippen LogP contribution in [0.5, 0.6) is 0 Å². The molecule has 1 aromatic heterocycles. The van der Waals surface area contributed by atoms with Gasteiger partial charge in [0.1, 0.15) is 11.3 Å². The molecule has 0 unspecified atom stereocenters. The minimum absolute atomic E-state index is 0.456. The maximum Gasteiger partial charge on any atom is 0.134 e. The van der Waals surface area contributed by atoms with E-state index in [1.165, 1.54) is 5.69 Å². The first-order valence-corrected chi connectivity index (χ1v) is 7.05. The Morgan fingerprint density at radius 1 is 1.21 bits per heavy atom. The van der Waals surface area contributed by atoms with Crippen molar-refractivity contribution in [2.75, 3.05) is 31.1 Å².